The molecule has 3 aromatic rings. The lowest BCUT2D eigenvalue weighted by molar-refractivity contribution is -0.151. The molecule has 0 fully saturated rings. The summed E-state index contributed by atoms with van der Waals surface area (Å²) in [4.78, 5) is 37.0. The number of hydrogen-bond acceptors (Lipinski definition) is 10. The van der Waals surface area contributed by atoms with Gasteiger partial charge in [0.2, 0.25) is 0 Å². The van der Waals surface area contributed by atoms with Crippen molar-refractivity contribution in [2.75, 3.05) is 45.8 Å². The first-order valence-corrected chi connectivity index (χ1v) is 18.4. The van der Waals surface area contributed by atoms with E-state index < -0.39 is 55.3 Å². The van der Waals surface area contributed by atoms with E-state index in [1.807, 2.05) is 54.6 Å². The Labute approximate surface area is 294 Å². The van der Waals surface area contributed by atoms with Crippen LogP contribution in [0.4, 0.5) is 0 Å². The Bertz CT molecular complexity index is 1400. The second kappa shape index (κ2) is 20.6. The lowest BCUT2D eigenvalue weighted by Gasteiger charge is -2.33. The predicted octanol–water partition coefficient (Wildman–Crippen LogP) is 2.91. The molecule has 0 aliphatic carbocycles. The lowest BCUT2D eigenvalue weighted by Crippen LogP contribution is -2.44. The number of aliphatic hydroxyl groups excluding tert-OH is 3. The molecule has 4 atom stereocenters. The van der Waals surface area contributed by atoms with Crippen LogP contribution in [0.3, 0.4) is 0 Å². The highest BCUT2D eigenvalue weighted by atomic mass is 31.2. The summed E-state index contributed by atoms with van der Waals surface area (Å²) >= 11 is 0. The third-order valence-electron chi connectivity index (χ3n) is 8.37. The Morgan fingerprint density at radius 2 is 1.20 bits per heavy atom. The molecule has 0 spiro atoms. The van der Waals surface area contributed by atoms with Crippen LogP contribution in [0.5, 0.6) is 0 Å². The van der Waals surface area contributed by atoms with Crippen molar-refractivity contribution in [2.45, 2.75) is 38.1 Å². The van der Waals surface area contributed by atoms with Crippen LogP contribution >= 0.6 is 7.26 Å². The van der Waals surface area contributed by atoms with Gasteiger partial charge in [0.1, 0.15) is 60.0 Å². The van der Waals surface area contributed by atoms with Gasteiger partial charge in [0.25, 0.3) is 0 Å². The zero-order chi connectivity index (χ0) is 36.4. The molecule has 3 N–H and O–H groups in total. The molecule has 0 heterocycles. The molecule has 50 heavy (non-hydrogen) atoms. The molecule has 0 saturated heterocycles. The van der Waals surface area contributed by atoms with Crippen LogP contribution in [-0.2, 0) is 33.3 Å². The Balaban J connectivity index is 1.84. The number of benzene rings is 3. The van der Waals surface area contributed by atoms with Crippen molar-refractivity contribution < 1.29 is 48.7 Å². The molecule has 0 amide bonds. The van der Waals surface area contributed by atoms with Gasteiger partial charge in [-0.1, -0.05) is 74.7 Å². The van der Waals surface area contributed by atoms with E-state index in [2.05, 4.69) is 49.6 Å². The minimum atomic E-state index is -2.38. The van der Waals surface area contributed by atoms with Gasteiger partial charge in [0.05, 0.1) is 38.4 Å². The maximum absolute atomic E-state index is 13.8. The number of hydrogen-bond donors (Lipinski definition) is 3. The molecule has 0 aliphatic heterocycles. The topological polar surface area (TPSA) is 149 Å². The summed E-state index contributed by atoms with van der Waals surface area (Å²) < 4.78 is 21.9. The summed E-state index contributed by atoms with van der Waals surface area (Å²) in [6, 6.07) is 30.4. The smallest absolute Gasteiger partial charge is 0.330 e. The molecule has 3 aromatic carbocycles. The van der Waals surface area contributed by atoms with Gasteiger partial charge in [0, 0.05) is 18.6 Å². The van der Waals surface area contributed by atoms with E-state index in [0.29, 0.717) is 6.16 Å². The van der Waals surface area contributed by atoms with E-state index in [9.17, 15) is 29.7 Å². The third-order valence-corrected chi connectivity index (χ3v) is 12.9. The van der Waals surface area contributed by atoms with E-state index in [4.69, 9.17) is 18.9 Å². The van der Waals surface area contributed by atoms with Crippen LogP contribution in [0.25, 0.3) is 0 Å². The van der Waals surface area contributed by atoms with Crippen molar-refractivity contribution in [3.63, 3.8) is 0 Å². The average Bonchev–Trinajstić information content (AvgIpc) is 3.15. The second-order valence-corrected chi connectivity index (χ2v) is 15.4. The van der Waals surface area contributed by atoms with Crippen LogP contribution < -0.4 is 15.9 Å². The van der Waals surface area contributed by atoms with Gasteiger partial charge in [-0.05, 0) is 42.8 Å². The van der Waals surface area contributed by atoms with E-state index in [1.54, 1.807) is 6.92 Å². The number of carbonyl (C=O) groups excluding carboxylic acids is 3. The van der Waals surface area contributed by atoms with Crippen molar-refractivity contribution in [2.24, 2.45) is 5.41 Å². The van der Waals surface area contributed by atoms with Gasteiger partial charge in [-0.3, -0.25) is 4.79 Å². The summed E-state index contributed by atoms with van der Waals surface area (Å²) in [5, 5.41) is 35.1. The minimum Gasteiger partial charge on any atom is -0.460 e. The standard InChI is InChI=1S/C39H48O10P/c1-4-37(44)48-26-30(41)24-46-28-39(6-3,36(43)22-32(23-40)49-38(45)5-2)29-47-25-31(42)27-50(33-16-10-7-11-17-33,34-18-12-8-13-19-34)35-20-14-9-15-21-35/h4-5,7-21,30-32,40-42H,1-2,6,22-29H2,3H3/q+1. The molecule has 10 nitrogen and oxygen atoms in total. The van der Waals surface area contributed by atoms with E-state index >= 15 is 0 Å². The quantitative estimate of drug-likeness (QED) is 0.0764. The molecule has 4 unspecified atom stereocenters. The van der Waals surface area contributed by atoms with E-state index in [0.717, 1.165) is 28.1 Å². The van der Waals surface area contributed by atoms with E-state index in [1.165, 1.54) is 0 Å². The number of carbonyl (C=O) groups is 3. The molecule has 11 heteroatoms. The van der Waals surface area contributed by atoms with Gasteiger partial charge < -0.3 is 34.3 Å². The number of ketones is 1. The maximum atomic E-state index is 13.8. The molecule has 0 saturated carbocycles. The Morgan fingerprint density at radius 1 is 0.740 bits per heavy atom. The summed E-state index contributed by atoms with van der Waals surface area (Å²) in [5.41, 5.74) is -1.30. The third kappa shape index (κ3) is 11.3. The summed E-state index contributed by atoms with van der Waals surface area (Å²) in [7, 11) is -2.38. The van der Waals surface area contributed by atoms with Gasteiger partial charge in [-0.25, -0.2) is 9.59 Å². The normalized spacial score (nSPS) is 14.4. The monoisotopic (exact) mass is 707 g/mol. The molecule has 0 aromatic heterocycles. The second-order valence-electron chi connectivity index (χ2n) is 11.9. The number of rotatable bonds is 23. The first kappa shape index (κ1) is 40.4. The van der Waals surface area contributed by atoms with E-state index in [-0.39, 0.29) is 45.9 Å². The highest BCUT2D eigenvalue weighted by Gasteiger charge is 2.47. The lowest BCUT2D eigenvalue weighted by atomic mass is 9.80. The fourth-order valence-electron chi connectivity index (χ4n) is 5.63. The minimum absolute atomic E-state index is 0.0989. The van der Waals surface area contributed by atoms with Crippen LogP contribution in [0.15, 0.2) is 116 Å². The number of Topliss-reactive ketones (excluding diaryl/α,β-unsaturated/α-hetero) is 1. The molecular formula is C39H48O10P+. The molecule has 268 valence electrons. The average molecular weight is 708 g/mol. The van der Waals surface area contributed by atoms with Gasteiger partial charge in [-0.2, -0.15) is 0 Å². The summed E-state index contributed by atoms with van der Waals surface area (Å²) in [6.45, 7) is 6.79. The predicted molar refractivity (Wildman–Crippen MR) is 194 cm³/mol. The van der Waals surface area contributed by atoms with Crippen molar-refractivity contribution in [3.8, 4) is 0 Å². The zero-order valence-electron chi connectivity index (χ0n) is 28.5. The van der Waals surface area contributed by atoms with Crippen molar-refractivity contribution in [1.29, 1.82) is 0 Å². The maximum Gasteiger partial charge on any atom is 0.330 e. The van der Waals surface area contributed by atoms with Crippen molar-refractivity contribution >= 4 is 40.9 Å². The Kier molecular flexibility index (Phi) is 16.7. The number of ether oxygens (including phenoxy) is 4. The highest BCUT2D eigenvalue weighted by molar-refractivity contribution is 7.95. The number of aliphatic hydroxyl groups is 3. The molecule has 0 aliphatic rings. The zero-order valence-corrected chi connectivity index (χ0v) is 29.4. The summed E-state index contributed by atoms with van der Waals surface area (Å²) in [6.07, 6.45) is -1.05. The Hall–Kier alpha value is -4.02. The van der Waals surface area contributed by atoms with Gasteiger partial charge >= 0.3 is 11.9 Å². The summed E-state index contributed by atoms with van der Waals surface area (Å²) in [5.74, 6) is -1.89. The van der Waals surface area contributed by atoms with Crippen LogP contribution in [-0.4, -0.2) is 97.2 Å². The van der Waals surface area contributed by atoms with Crippen LogP contribution in [0.2, 0.25) is 0 Å². The first-order valence-electron chi connectivity index (χ1n) is 16.5. The fourth-order valence-corrected chi connectivity index (χ4v) is 9.94. The van der Waals surface area contributed by atoms with Crippen LogP contribution in [0.1, 0.15) is 19.8 Å². The number of esters is 2. The molecule has 3 rings (SSSR count). The molecular weight excluding hydrogens is 659 g/mol. The highest BCUT2D eigenvalue weighted by Crippen LogP contribution is 2.55. The molecule has 0 bridgehead atoms. The van der Waals surface area contributed by atoms with Crippen LogP contribution in [0, 0.1) is 5.41 Å². The first-order chi connectivity index (χ1) is 24.1. The molecule has 0 radical (unpaired) electrons. The SMILES string of the molecule is C=CC(=O)OCC(O)COCC(CC)(COCC(O)C[P+](c1ccccc1)(c1ccccc1)c1ccccc1)C(=O)CC(CO)OC(=O)C=C. The van der Waals surface area contributed by atoms with Crippen molar-refractivity contribution in [3.05, 3.63) is 116 Å². The van der Waals surface area contributed by atoms with Crippen molar-refractivity contribution in [1.82, 2.24) is 0 Å². The van der Waals surface area contributed by atoms with Gasteiger partial charge in [-0.15, -0.1) is 0 Å². The fraction of sp³-hybridized carbons (Fsp3) is 0.359. The largest absolute Gasteiger partial charge is 0.460 e. The van der Waals surface area contributed by atoms with Gasteiger partial charge in [0.15, 0.2) is 0 Å². The Morgan fingerprint density at radius 3 is 1.62 bits per heavy atom.